The number of para-hydroxylation sites is 2. The molecule has 3 rings (SSSR count). The maximum atomic E-state index is 12.7. The summed E-state index contributed by atoms with van der Waals surface area (Å²) < 4.78 is 11.1. The molecule has 2 atom stereocenters. The number of nitrogens with one attached hydrogen (secondary N) is 2. The fraction of sp³-hybridized carbons (Fsp3) is 0.500. The second-order valence-electron chi connectivity index (χ2n) is 7.35. The van der Waals surface area contributed by atoms with Crippen LogP contribution in [0.15, 0.2) is 29.6 Å². The van der Waals surface area contributed by atoms with Crippen molar-refractivity contribution in [3.05, 3.63) is 40.3 Å². The third-order valence-electron chi connectivity index (χ3n) is 5.11. The second kappa shape index (κ2) is 11.0. The van der Waals surface area contributed by atoms with E-state index >= 15 is 0 Å². The van der Waals surface area contributed by atoms with E-state index in [9.17, 15) is 9.59 Å². The minimum atomic E-state index is -0.212. The fourth-order valence-corrected chi connectivity index (χ4v) is 4.27. The van der Waals surface area contributed by atoms with Crippen LogP contribution in [-0.4, -0.2) is 36.0 Å². The number of thiazole rings is 1. The average molecular weight is 432 g/mol. The van der Waals surface area contributed by atoms with Crippen molar-refractivity contribution < 1.29 is 19.1 Å². The molecule has 1 heterocycles. The molecule has 2 aromatic rings. The van der Waals surface area contributed by atoms with Crippen molar-refractivity contribution in [3.8, 4) is 11.5 Å². The van der Waals surface area contributed by atoms with Crippen molar-refractivity contribution in [2.45, 2.75) is 64.1 Å². The number of hydrogen-bond donors (Lipinski definition) is 2. The van der Waals surface area contributed by atoms with E-state index < -0.39 is 0 Å². The van der Waals surface area contributed by atoms with Gasteiger partial charge in [0.15, 0.2) is 11.5 Å². The normalized spacial score (nSPS) is 18.5. The largest absolute Gasteiger partial charge is 0.493 e. The first-order valence-corrected chi connectivity index (χ1v) is 11.3. The lowest BCUT2D eigenvalue weighted by molar-refractivity contribution is -0.122. The predicted octanol–water partition coefficient (Wildman–Crippen LogP) is 3.69. The molecule has 8 heteroatoms. The van der Waals surface area contributed by atoms with Crippen molar-refractivity contribution >= 4 is 23.2 Å². The molecule has 30 heavy (non-hydrogen) atoms. The number of hydrogen-bond acceptors (Lipinski definition) is 6. The molecule has 1 aromatic carbocycles. The summed E-state index contributed by atoms with van der Waals surface area (Å²) in [6, 6.07) is 7.32. The van der Waals surface area contributed by atoms with E-state index in [-0.39, 0.29) is 30.5 Å². The standard InChI is InChI=1S/C22H29N3O4S/c1-3-8-20(26)23-15-9-4-5-10-16(15)25-22(27)17-14-30-21(24-17)13-29-19-12-7-6-11-18(19)28-2/h6-7,11-12,14-16H,3-5,8-10,13H2,1-2H3,(H,23,26)(H,25,27). The molecule has 2 N–H and O–H groups in total. The van der Waals surface area contributed by atoms with Crippen LogP contribution in [0.4, 0.5) is 0 Å². The molecule has 162 valence electrons. The first-order chi connectivity index (χ1) is 14.6. The van der Waals surface area contributed by atoms with E-state index in [2.05, 4.69) is 15.6 Å². The number of benzene rings is 1. The first kappa shape index (κ1) is 22.1. The van der Waals surface area contributed by atoms with Gasteiger partial charge in [-0.2, -0.15) is 0 Å². The summed E-state index contributed by atoms with van der Waals surface area (Å²) in [6.45, 7) is 2.24. The topological polar surface area (TPSA) is 89.6 Å². The molecule has 2 amide bonds. The van der Waals surface area contributed by atoms with Crippen LogP contribution in [0.5, 0.6) is 11.5 Å². The number of nitrogens with zero attached hydrogens (tertiary/aromatic N) is 1. The van der Waals surface area contributed by atoms with Gasteiger partial charge in [0.25, 0.3) is 5.91 Å². The SMILES string of the molecule is CCCC(=O)NC1CCCCC1NC(=O)c1csc(COc2ccccc2OC)n1. The van der Waals surface area contributed by atoms with Gasteiger partial charge in [-0.25, -0.2) is 4.98 Å². The summed E-state index contributed by atoms with van der Waals surface area (Å²) in [5.41, 5.74) is 0.378. The third-order valence-corrected chi connectivity index (χ3v) is 5.93. The monoisotopic (exact) mass is 431 g/mol. The smallest absolute Gasteiger partial charge is 0.271 e. The fourth-order valence-electron chi connectivity index (χ4n) is 3.58. The average Bonchev–Trinajstić information content (AvgIpc) is 3.23. The van der Waals surface area contributed by atoms with Crippen LogP contribution in [0.1, 0.15) is 60.9 Å². The van der Waals surface area contributed by atoms with E-state index in [1.165, 1.54) is 11.3 Å². The van der Waals surface area contributed by atoms with E-state index in [1.54, 1.807) is 12.5 Å². The molecule has 0 spiro atoms. The molecule has 1 fully saturated rings. The maximum Gasteiger partial charge on any atom is 0.271 e. The highest BCUT2D eigenvalue weighted by Crippen LogP contribution is 2.27. The number of methoxy groups -OCH3 is 1. The van der Waals surface area contributed by atoms with Gasteiger partial charge in [0.05, 0.1) is 7.11 Å². The van der Waals surface area contributed by atoms with Gasteiger partial charge in [-0.15, -0.1) is 11.3 Å². The Labute approximate surface area is 181 Å². The van der Waals surface area contributed by atoms with E-state index in [0.29, 0.717) is 28.6 Å². The summed E-state index contributed by atoms with van der Waals surface area (Å²) in [5.74, 6) is 1.12. The van der Waals surface area contributed by atoms with E-state index in [0.717, 1.165) is 32.1 Å². The van der Waals surface area contributed by atoms with E-state index in [1.807, 2.05) is 31.2 Å². The Kier molecular flexibility index (Phi) is 8.07. The molecule has 0 radical (unpaired) electrons. The van der Waals surface area contributed by atoms with Crippen LogP contribution >= 0.6 is 11.3 Å². The summed E-state index contributed by atoms with van der Waals surface area (Å²) in [7, 11) is 1.59. The lowest BCUT2D eigenvalue weighted by Gasteiger charge is -2.32. The minimum absolute atomic E-state index is 0.0197. The number of aromatic nitrogens is 1. The molecule has 1 saturated carbocycles. The lowest BCUT2D eigenvalue weighted by atomic mass is 9.90. The molecule has 2 unspecified atom stereocenters. The third kappa shape index (κ3) is 5.95. The van der Waals surface area contributed by atoms with Gasteiger partial charge in [0.1, 0.15) is 17.3 Å². The Morgan fingerprint density at radius 1 is 1.13 bits per heavy atom. The van der Waals surface area contributed by atoms with Gasteiger partial charge in [-0.3, -0.25) is 9.59 Å². The van der Waals surface area contributed by atoms with Crippen LogP contribution in [0.25, 0.3) is 0 Å². The van der Waals surface area contributed by atoms with Crippen LogP contribution in [0.3, 0.4) is 0 Å². The summed E-state index contributed by atoms with van der Waals surface area (Å²) in [5, 5.41) is 8.60. The van der Waals surface area contributed by atoms with Crippen molar-refractivity contribution in [1.82, 2.24) is 15.6 Å². The van der Waals surface area contributed by atoms with E-state index in [4.69, 9.17) is 9.47 Å². The minimum Gasteiger partial charge on any atom is -0.493 e. The second-order valence-corrected chi connectivity index (χ2v) is 8.30. The molecule has 1 aliphatic carbocycles. The van der Waals surface area contributed by atoms with Crippen molar-refractivity contribution in [1.29, 1.82) is 0 Å². The van der Waals surface area contributed by atoms with Crippen LogP contribution < -0.4 is 20.1 Å². The number of carbonyl (C=O) groups is 2. The Morgan fingerprint density at radius 3 is 2.53 bits per heavy atom. The first-order valence-electron chi connectivity index (χ1n) is 10.4. The Balaban J connectivity index is 1.56. The molecular weight excluding hydrogens is 402 g/mol. The molecule has 0 aliphatic heterocycles. The number of amides is 2. The lowest BCUT2D eigenvalue weighted by Crippen LogP contribution is -2.53. The number of ether oxygens (including phenoxy) is 2. The molecule has 1 aliphatic rings. The molecular formula is C22H29N3O4S. The highest BCUT2D eigenvalue weighted by Gasteiger charge is 2.28. The zero-order valence-corrected chi connectivity index (χ0v) is 18.3. The highest BCUT2D eigenvalue weighted by molar-refractivity contribution is 7.09. The van der Waals surface area contributed by atoms with Crippen LogP contribution in [0.2, 0.25) is 0 Å². The summed E-state index contributed by atoms with van der Waals surface area (Å²) in [6.07, 6.45) is 5.17. The van der Waals surface area contributed by atoms with Crippen molar-refractivity contribution in [2.24, 2.45) is 0 Å². The zero-order valence-electron chi connectivity index (χ0n) is 17.5. The Hall–Kier alpha value is -2.61. The molecule has 0 saturated heterocycles. The zero-order chi connectivity index (χ0) is 21.3. The van der Waals surface area contributed by atoms with Gasteiger partial charge in [0, 0.05) is 23.9 Å². The maximum absolute atomic E-state index is 12.7. The highest BCUT2D eigenvalue weighted by atomic mass is 32.1. The molecule has 0 bridgehead atoms. The number of carbonyl (C=O) groups excluding carboxylic acids is 2. The van der Waals surface area contributed by atoms with Crippen LogP contribution in [0, 0.1) is 0 Å². The quantitative estimate of drug-likeness (QED) is 0.632. The summed E-state index contributed by atoms with van der Waals surface area (Å²) in [4.78, 5) is 29.1. The Bertz CT molecular complexity index is 854. The number of rotatable bonds is 9. The van der Waals surface area contributed by atoms with Gasteiger partial charge >= 0.3 is 0 Å². The van der Waals surface area contributed by atoms with Crippen molar-refractivity contribution in [3.63, 3.8) is 0 Å². The van der Waals surface area contributed by atoms with Gasteiger partial charge in [-0.05, 0) is 31.4 Å². The molecule has 1 aromatic heterocycles. The molecule has 7 nitrogen and oxygen atoms in total. The predicted molar refractivity (Wildman–Crippen MR) is 116 cm³/mol. The Morgan fingerprint density at radius 2 is 1.83 bits per heavy atom. The summed E-state index contributed by atoms with van der Waals surface area (Å²) >= 11 is 1.38. The van der Waals surface area contributed by atoms with Gasteiger partial charge < -0.3 is 20.1 Å². The van der Waals surface area contributed by atoms with Gasteiger partial charge in [0.2, 0.25) is 5.91 Å². The van der Waals surface area contributed by atoms with Crippen LogP contribution in [-0.2, 0) is 11.4 Å². The van der Waals surface area contributed by atoms with Crippen molar-refractivity contribution in [2.75, 3.05) is 7.11 Å². The van der Waals surface area contributed by atoms with Gasteiger partial charge in [-0.1, -0.05) is 31.9 Å².